The van der Waals surface area contributed by atoms with Gasteiger partial charge >= 0.3 is 17.9 Å². The van der Waals surface area contributed by atoms with Gasteiger partial charge in [-0.15, -0.1) is 0 Å². The molecule has 1 unspecified atom stereocenters. The van der Waals surface area contributed by atoms with E-state index in [0.29, 0.717) is 19.3 Å². The first-order valence-corrected chi connectivity index (χ1v) is 32.5. The highest BCUT2D eigenvalue weighted by molar-refractivity contribution is 5.71. The molecule has 0 heterocycles. The average molecular weight is 1030 g/mol. The summed E-state index contributed by atoms with van der Waals surface area (Å²) in [5, 5.41) is 0. The predicted octanol–water partition coefficient (Wildman–Crippen LogP) is 22.0. The fourth-order valence-electron chi connectivity index (χ4n) is 9.71. The summed E-state index contributed by atoms with van der Waals surface area (Å²) in [4.78, 5) is 38.2. The highest BCUT2D eigenvalue weighted by Gasteiger charge is 2.19. The summed E-state index contributed by atoms with van der Waals surface area (Å²) in [7, 11) is 0. The Morgan fingerprint density at radius 2 is 0.493 bits per heavy atom. The van der Waals surface area contributed by atoms with Gasteiger partial charge in [0.2, 0.25) is 0 Å². The summed E-state index contributed by atoms with van der Waals surface area (Å²) in [6.45, 7) is 6.66. The minimum Gasteiger partial charge on any atom is -0.462 e. The van der Waals surface area contributed by atoms with Crippen LogP contribution in [-0.2, 0) is 28.6 Å². The summed E-state index contributed by atoms with van der Waals surface area (Å²) < 4.78 is 16.9. The highest BCUT2D eigenvalue weighted by atomic mass is 16.6. The van der Waals surface area contributed by atoms with Crippen molar-refractivity contribution in [3.05, 3.63) is 36.5 Å². The van der Waals surface area contributed by atoms with Gasteiger partial charge in [-0.2, -0.15) is 0 Å². The van der Waals surface area contributed by atoms with E-state index in [9.17, 15) is 14.4 Å². The third kappa shape index (κ3) is 60.4. The lowest BCUT2D eigenvalue weighted by molar-refractivity contribution is -0.167. The van der Waals surface area contributed by atoms with E-state index < -0.39 is 6.10 Å². The normalized spacial score (nSPS) is 12.2. The molecule has 6 heteroatoms. The Morgan fingerprint density at radius 1 is 0.274 bits per heavy atom. The average Bonchev–Trinajstić information content (AvgIpc) is 3.39. The SMILES string of the molecule is CCCCCCC/C=C\C/C=C\CCCCCCCCCCCCCCCCCCCC(=O)OCC(COC(=O)CCCCCCCCCCCCCC)OC(=O)CCCCCCC/C=C\CCCCCCC. The monoisotopic (exact) mass is 1020 g/mol. The standard InChI is InChI=1S/C67H124O6/c1-4-7-10-13-16-19-22-25-27-28-29-30-31-32-33-34-35-36-37-38-39-40-41-43-45-48-51-54-57-60-66(69)72-63-64(62-71-65(68)59-56-53-50-47-44-24-21-18-15-12-9-6-3)73-67(70)61-58-55-52-49-46-42-26-23-20-17-14-11-8-5-2/h22-23,25-26,28-29,64H,4-21,24,27,30-63H2,1-3H3/b25-22-,26-23-,29-28-. The predicted molar refractivity (Wildman–Crippen MR) is 316 cm³/mol. The Hall–Kier alpha value is -2.37. The van der Waals surface area contributed by atoms with E-state index in [2.05, 4.69) is 57.2 Å². The number of esters is 3. The number of hydrogen-bond donors (Lipinski definition) is 0. The number of carbonyl (C=O) groups excluding carboxylic acids is 3. The van der Waals surface area contributed by atoms with Gasteiger partial charge in [-0.1, -0.05) is 295 Å². The summed E-state index contributed by atoms with van der Waals surface area (Å²) in [5.41, 5.74) is 0. The van der Waals surface area contributed by atoms with Gasteiger partial charge in [0.15, 0.2) is 6.10 Å². The van der Waals surface area contributed by atoms with Crippen molar-refractivity contribution in [2.45, 2.75) is 361 Å². The summed E-state index contributed by atoms with van der Waals surface area (Å²) >= 11 is 0. The number of allylic oxidation sites excluding steroid dienone is 6. The molecule has 0 aliphatic heterocycles. The molecule has 0 aromatic rings. The van der Waals surface area contributed by atoms with Gasteiger partial charge in [0, 0.05) is 19.3 Å². The lowest BCUT2D eigenvalue weighted by atomic mass is 10.0. The lowest BCUT2D eigenvalue weighted by Gasteiger charge is -2.18. The smallest absolute Gasteiger partial charge is 0.306 e. The molecule has 0 N–H and O–H groups in total. The van der Waals surface area contributed by atoms with E-state index in [1.54, 1.807) is 0 Å². The molecule has 0 aromatic carbocycles. The fraction of sp³-hybridized carbons (Fsp3) is 0.866. The molecule has 428 valence electrons. The van der Waals surface area contributed by atoms with Crippen LogP contribution in [0.3, 0.4) is 0 Å². The Kier molecular flexibility index (Phi) is 60.2. The lowest BCUT2D eigenvalue weighted by Crippen LogP contribution is -2.30. The van der Waals surface area contributed by atoms with Crippen molar-refractivity contribution in [3.63, 3.8) is 0 Å². The molecule has 0 saturated carbocycles. The minimum absolute atomic E-state index is 0.0703. The Morgan fingerprint density at radius 3 is 0.767 bits per heavy atom. The van der Waals surface area contributed by atoms with Crippen molar-refractivity contribution in [3.8, 4) is 0 Å². The maximum absolute atomic E-state index is 12.9. The van der Waals surface area contributed by atoms with Crippen LogP contribution in [-0.4, -0.2) is 37.2 Å². The zero-order valence-corrected chi connectivity index (χ0v) is 49.2. The summed E-state index contributed by atoms with van der Waals surface area (Å²) in [5.74, 6) is -0.857. The van der Waals surface area contributed by atoms with Gasteiger partial charge in [-0.05, 0) is 77.0 Å². The maximum Gasteiger partial charge on any atom is 0.306 e. The number of unbranched alkanes of at least 4 members (excludes halogenated alkanes) is 43. The van der Waals surface area contributed by atoms with E-state index >= 15 is 0 Å². The number of hydrogen-bond acceptors (Lipinski definition) is 6. The van der Waals surface area contributed by atoms with Gasteiger partial charge in [-0.3, -0.25) is 14.4 Å². The van der Waals surface area contributed by atoms with Crippen LogP contribution in [0.15, 0.2) is 36.5 Å². The molecule has 0 aliphatic rings. The number of rotatable bonds is 60. The molecule has 1 atom stereocenters. The van der Waals surface area contributed by atoms with Crippen molar-refractivity contribution in [2.75, 3.05) is 13.2 Å². The molecule has 0 rings (SSSR count). The van der Waals surface area contributed by atoms with Gasteiger partial charge in [0.05, 0.1) is 0 Å². The first kappa shape index (κ1) is 70.6. The van der Waals surface area contributed by atoms with Crippen LogP contribution in [0.25, 0.3) is 0 Å². The fourth-order valence-corrected chi connectivity index (χ4v) is 9.71. The summed E-state index contributed by atoms with van der Waals surface area (Å²) in [6, 6.07) is 0. The molecular formula is C67H124O6. The van der Waals surface area contributed by atoms with Crippen molar-refractivity contribution in [1.82, 2.24) is 0 Å². The van der Waals surface area contributed by atoms with E-state index in [1.165, 1.54) is 244 Å². The van der Waals surface area contributed by atoms with E-state index in [1.807, 2.05) is 0 Å². The molecule has 73 heavy (non-hydrogen) atoms. The third-order valence-electron chi connectivity index (χ3n) is 14.6. The second-order valence-electron chi connectivity index (χ2n) is 22.0. The van der Waals surface area contributed by atoms with Crippen LogP contribution in [0.4, 0.5) is 0 Å². The van der Waals surface area contributed by atoms with Crippen LogP contribution in [0, 0.1) is 0 Å². The second-order valence-corrected chi connectivity index (χ2v) is 22.0. The quantitative estimate of drug-likeness (QED) is 0.0261. The van der Waals surface area contributed by atoms with Gasteiger partial charge < -0.3 is 14.2 Å². The third-order valence-corrected chi connectivity index (χ3v) is 14.6. The molecule has 0 amide bonds. The van der Waals surface area contributed by atoms with Gasteiger partial charge in [0.1, 0.15) is 13.2 Å². The van der Waals surface area contributed by atoms with E-state index in [4.69, 9.17) is 14.2 Å². The number of carbonyl (C=O) groups is 3. The van der Waals surface area contributed by atoms with E-state index in [-0.39, 0.29) is 31.1 Å². The van der Waals surface area contributed by atoms with Crippen molar-refractivity contribution >= 4 is 17.9 Å². The van der Waals surface area contributed by atoms with Crippen LogP contribution >= 0.6 is 0 Å². The molecule has 0 bridgehead atoms. The highest BCUT2D eigenvalue weighted by Crippen LogP contribution is 2.17. The maximum atomic E-state index is 12.9. The summed E-state index contributed by atoms with van der Waals surface area (Å²) in [6.07, 6.45) is 75.9. The Bertz CT molecular complexity index is 1220. The molecule has 0 fully saturated rings. The minimum atomic E-state index is -0.772. The van der Waals surface area contributed by atoms with Crippen LogP contribution in [0.1, 0.15) is 355 Å². The number of ether oxygens (including phenoxy) is 3. The zero-order valence-electron chi connectivity index (χ0n) is 49.2. The first-order valence-electron chi connectivity index (χ1n) is 32.5. The van der Waals surface area contributed by atoms with Crippen molar-refractivity contribution < 1.29 is 28.6 Å². The molecule has 0 radical (unpaired) electrons. The Labute approximate surface area is 455 Å². The second kappa shape index (κ2) is 62.2. The molecular weight excluding hydrogens is 901 g/mol. The van der Waals surface area contributed by atoms with Crippen molar-refractivity contribution in [2.24, 2.45) is 0 Å². The van der Waals surface area contributed by atoms with Gasteiger partial charge in [-0.25, -0.2) is 0 Å². The topological polar surface area (TPSA) is 78.9 Å². The molecule has 0 aliphatic carbocycles. The van der Waals surface area contributed by atoms with Crippen LogP contribution < -0.4 is 0 Å². The molecule has 0 saturated heterocycles. The van der Waals surface area contributed by atoms with Crippen LogP contribution in [0.5, 0.6) is 0 Å². The Balaban J connectivity index is 4.13. The first-order chi connectivity index (χ1) is 36.0. The molecule has 0 aromatic heterocycles. The largest absolute Gasteiger partial charge is 0.462 e. The van der Waals surface area contributed by atoms with Gasteiger partial charge in [0.25, 0.3) is 0 Å². The van der Waals surface area contributed by atoms with Crippen LogP contribution in [0.2, 0.25) is 0 Å². The molecule has 0 spiro atoms. The molecule has 6 nitrogen and oxygen atoms in total. The zero-order chi connectivity index (χ0) is 52.9. The van der Waals surface area contributed by atoms with Crippen molar-refractivity contribution in [1.29, 1.82) is 0 Å². The van der Waals surface area contributed by atoms with E-state index in [0.717, 1.165) is 70.6 Å².